The Bertz CT molecular complexity index is 384. The molecule has 1 aromatic rings. The van der Waals surface area contributed by atoms with Crippen molar-refractivity contribution in [3.05, 3.63) is 28.8 Å². The van der Waals surface area contributed by atoms with Crippen molar-refractivity contribution in [2.24, 2.45) is 0 Å². The van der Waals surface area contributed by atoms with Gasteiger partial charge in [-0.15, -0.1) is 0 Å². The zero-order valence-corrected chi connectivity index (χ0v) is 12.1. The molecule has 1 nitrogen and oxygen atoms in total. The van der Waals surface area contributed by atoms with Crippen molar-refractivity contribution in [3.63, 3.8) is 0 Å². The maximum absolute atomic E-state index is 6.23. The number of anilines is 1. The fraction of sp³-hybridized carbons (Fsp3) is 0.538. The van der Waals surface area contributed by atoms with Gasteiger partial charge in [-0.3, -0.25) is 0 Å². The topological polar surface area (TPSA) is 12.0 Å². The first-order valence-electron chi connectivity index (χ1n) is 6.00. The highest BCUT2D eigenvalue weighted by molar-refractivity contribution is 6.76. The Balaban J connectivity index is 2.30. The Kier molecular flexibility index (Phi) is 3.31. The second-order valence-electron chi connectivity index (χ2n) is 5.88. The second kappa shape index (κ2) is 4.42. The van der Waals surface area contributed by atoms with Crippen molar-refractivity contribution in [1.29, 1.82) is 0 Å². The first-order chi connectivity index (χ1) is 7.47. The molecule has 0 saturated heterocycles. The van der Waals surface area contributed by atoms with E-state index in [4.69, 9.17) is 11.6 Å². The number of hydrogen-bond donors (Lipinski definition) is 1. The smallest absolute Gasteiger partial charge is 0.0640 e. The molecular weight excluding hydrogens is 234 g/mol. The van der Waals surface area contributed by atoms with E-state index in [9.17, 15) is 0 Å². The van der Waals surface area contributed by atoms with Crippen molar-refractivity contribution >= 4 is 25.4 Å². The van der Waals surface area contributed by atoms with Gasteiger partial charge in [-0.1, -0.05) is 49.4 Å². The predicted molar refractivity (Wildman–Crippen MR) is 75.5 cm³/mol. The van der Waals surface area contributed by atoms with Crippen LogP contribution in [0.3, 0.4) is 0 Å². The lowest BCUT2D eigenvalue weighted by atomic mass is 9.92. The minimum absolute atomic E-state index is 0.710. The van der Waals surface area contributed by atoms with E-state index < -0.39 is 8.07 Å². The number of benzene rings is 1. The molecule has 0 amide bonds. The van der Waals surface area contributed by atoms with E-state index in [1.165, 1.54) is 23.7 Å². The molecule has 1 atom stereocenters. The van der Waals surface area contributed by atoms with Crippen molar-refractivity contribution < 1.29 is 0 Å². The lowest BCUT2D eigenvalue weighted by molar-refractivity contribution is 0.674. The van der Waals surface area contributed by atoms with E-state index >= 15 is 0 Å². The summed E-state index contributed by atoms with van der Waals surface area (Å²) in [5.41, 5.74) is 2.61. The maximum atomic E-state index is 6.23. The largest absolute Gasteiger partial charge is 0.384 e. The number of halogens is 1. The summed E-state index contributed by atoms with van der Waals surface area (Å²) >= 11 is 6.23. The summed E-state index contributed by atoms with van der Waals surface area (Å²) in [6.45, 7) is 8.39. The summed E-state index contributed by atoms with van der Waals surface area (Å²) in [4.78, 5) is 0. The van der Waals surface area contributed by atoms with Gasteiger partial charge in [0.1, 0.15) is 0 Å². The third kappa shape index (κ3) is 2.61. The zero-order valence-electron chi connectivity index (χ0n) is 10.3. The molecular formula is C13H20ClNSi. The monoisotopic (exact) mass is 253 g/mol. The second-order valence-corrected chi connectivity index (χ2v) is 11.8. The molecule has 1 heterocycles. The van der Waals surface area contributed by atoms with Crippen LogP contribution in [0, 0.1) is 0 Å². The number of hydrogen-bond acceptors (Lipinski definition) is 1. The van der Waals surface area contributed by atoms with Crippen LogP contribution in [0.5, 0.6) is 0 Å². The maximum Gasteiger partial charge on any atom is 0.0640 e. The molecule has 3 heteroatoms. The lowest BCUT2D eigenvalue weighted by Crippen LogP contribution is -2.26. The molecule has 1 aliphatic rings. The van der Waals surface area contributed by atoms with Gasteiger partial charge in [-0.25, -0.2) is 0 Å². The number of nitrogens with one attached hydrogen (secondary N) is 1. The van der Waals surface area contributed by atoms with Crippen LogP contribution in [0.1, 0.15) is 17.9 Å². The summed E-state index contributed by atoms with van der Waals surface area (Å²) in [7, 11) is -1.00. The first kappa shape index (κ1) is 12.0. The molecule has 0 spiro atoms. The van der Waals surface area contributed by atoms with Gasteiger partial charge >= 0.3 is 0 Å². The molecule has 2 rings (SSSR count). The van der Waals surface area contributed by atoms with E-state index in [0.29, 0.717) is 5.92 Å². The average Bonchev–Trinajstić information content (AvgIpc) is 2.17. The zero-order chi connectivity index (χ0) is 11.8. The highest BCUT2D eigenvalue weighted by Gasteiger charge is 2.26. The summed E-state index contributed by atoms with van der Waals surface area (Å²) < 4.78 is 0. The van der Waals surface area contributed by atoms with Gasteiger partial charge in [0.05, 0.1) is 10.7 Å². The van der Waals surface area contributed by atoms with E-state index in [0.717, 1.165) is 11.6 Å². The molecule has 1 N–H and O–H groups in total. The Morgan fingerprint density at radius 2 is 2.12 bits per heavy atom. The van der Waals surface area contributed by atoms with E-state index in [1.54, 1.807) is 0 Å². The van der Waals surface area contributed by atoms with Gasteiger partial charge in [-0.05, 0) is 24.0 Å². The van der Waals surface area contributed by atoms with Gasteiger partial charge < -0.3 is 5.32 Å². The Hall–Kier alpha value is -0.473. The van der Waals surface area contributed by atoms with Crippen LogP contribution in [-0.2, 0) is 0 Å². The fourth-order valence-corrected chi connectivity index (χ4v) is 4.70. The molecule has 1 aliphatic heterocycles. The summed E-state index contributed by atoms with van der Waals surface area (Å²) in [5.74, 6) is 0.710. The van der Waals surface area contributed by atoms with Crippen LogP contribution in [0.4, 0.5) is 5.69 Å². The predicted octanol–water partition coefficient (Wildman–Crippen LogP) is 4.58. The molecule has 0 aliphatic carbocycles. The van der Waals surface area contributed by atoms with Crippen LogP contribution in [-0.4, -0.2) is 14.6 Å². The van der Waals surface area contributed by atoms with Crippen LogP contribution in [0.15, 0.2) is 18.2 Å². The van der Waals surface area contributed by atoms with E-state index in [-0.39, 0.29) is 0 Å². The van der Waals surface area contributed by atoms with Crippen molar-refractivity contribution in [2.75, 3.05) is 11.9 Å². The van der Waals surface area contributed by atoms with Crippen molar-refractivity contribution in [2.45, 2.75) is 38.0 Å². The van der Waals surface area contributed by atoms with Gasteiger partial charge in [0.25, 0.3) is 0 Å². The first-order valence-corrected chi connectivity index (χ1v) is 10.1. The van der Waals surface area contributed by atoms with Gasteiger partial charge in [-0.2, -0.15) is 0 Å². The lowest BCUT2D eigenvalue weighted by Gasteiger charge is -2.31. The summed E-state index contributed by atoms with van der Waals surface area (Å²) in [6.07, 6.45) is 1.25. The number of fused-ring (bicyclic) bond motifs is 1. The third-order valence-electron chi connectivity index (χ3n) is 3.14. The molecule has 88 valence electrons. The minimum atomic E-state index is -1.00. The molecule has 1 aromatic carbocycles. The fourth-order valence-electron chi connectivity index (χ4n) is 2.55. The Labute approximate surface area is 104 Å². The molecule has 0 fully saturated rings. The van der Waals surface area contributed by atoms with Crippen LogP contribution >= 0.6 is 11.6 Å². The SMILES string of the molecule is C[Si](C)(C)CC1CCNc2c(Cl)cccc21. The Morgan fingerprint density at radius 3 is 2.81 bits per heavy atom. The third-order valence-corrected chi connectivity index (χ3v) is 5.17. The summed E-state index contributed by atoms with van der Waals surface area (Å²) in [6, 6.07) is 7.65. The van der Waals surface area contributed by atoms with E-state index in [2.05, 4.69) is 37.1 Å². The van der Waals surface area contributed by atoms with Crippen LogP contribution in [0.25, 0.3) is 0 Å². The normalized spacial score (nSPS) is 20.1. The molecule has 0 radical (unpaired) electrons. The molecule has 0 bridgehead atoms. The molecule has 1 unspecified atom stereocenters. The average molecular weight is 254 g/mol. The number of para-hydroxylation sites is 1. The van der Waals surface area contributed by atoms with E-state index in [1.807, 2.05) is 6.07 Å². The minimum Gasteiger partial charge on any atom is -0.384 e. The molecule has 0 aromatic heterocycles. The van der Waals surface area contributed by atoms with Crippen molar-refractivity contribution in [3.8, 4) is 0 Å². The van der Waals surface area contributed by atoms with Crippen molar-refractivity contribution in [1.82, 2.24) is 0 Å². The molecule has 0 saturated carbocycles. The Morgan fingerprint density at radius 1 is 1.38 bits per heavy atom. The van der Waals surface area contributed by atoms with Gasteiger partial charge in [0, 0.05) is 14.6 Å². The van der Waals surface area contributed by atoms with Gasteiger partial charge in [0.15, 0.2) is 0 Å². The number of rotatable bonds is 2. The highest BCUT2D eigenvalue weighted by Crippen LogP contribution is 2.40. The summed E-state index contributed by atoms with van der Waals surface area (Å²) in [5, 5.41) is 4.30. The van der Waals surface area contributed by atoms with Gasteiger partial charge in [0.2, 0.25) is 0 Å². The standard InChI is InChI=1S/C13H20ClNSi/c1-16(2,3)9-10-7-8-15-13-11(10)5-4-6-12(13)14/h4-6,10,15H,7-9H2,1-3H3. The molecule has 16 heavy (non-hydrogen) atoms. The van der Waals surface area contributed by atoms with Crippen LogP contribution in [0.2, 0.25) is 30.7 Å². The van der Waals surface area contributed by atoms with Crippen LogP contribution < -0.4 is 5.32 Å². The quantitative estimate of drug-likeness (QED) is 0.761. The highest BCUT2D eigenvalue weighted by atomic mass is 35.5.